The second-order valence-corrected chi connectivity index (χ2v) is 11.0. The molecule has 0 amide bonds. The van der Waals surface area contributed by atoms with E-state index in [9.17, 15) is 31.9 Å². The Balaban J connectivity index is 2.49. The van der Waals surface area contributed by atoms with E-state index < -0.39 is 40.0 Å². The van der Waals surface area contributed by atoms with Crippen LogP contribution >= 0.6 is 0 Å². The van der Waals surface area contributed by atoms with Crippen LogP contribution in [0.2, 0.25) is 0 Å². The van der Waals surface area contributed by atoms with Gasteiger partial charge in [0.15, 0.2) is 21.5 Å². The third-order valence-corrected chi connectivity index (χ3v) is 7.22. The lowest BCUT2D eigenvalue weighted by Crippen LogP contribution is -2.20. The normalized spacial score (nSPS) is 13.1. The molecule has 202 valence electrons. The van der Waals surface area contributed by atoms with Crippen molar-refractivity contribution in [1.82, 2.24) is 0 Å². The molecule has 2 aromatic carbocycles. The van der Waals surface area contributed by atoms with Gasteiger partial charge >= 0.3 is 11.9 Å². The Kier molecular flexibility index (Phi) is 11.4. The van der Waals surface area contributed by atoms with Crippen molar-refractivity contribution in [3.8, 4) is 0 Å². The van der Waals surface area contributed by atoms with Gasteiger partial charge in [-0.05, 0) is 48.2 Å². The smallest absolute Gasteiger partial charge is 0.336 e. The first kappa shape index (κ1) is 30.2. The summed E-state index contributed by atoms with van der Waals surface area (Å²) in [7, 11) is -3.51. The number of benzene rings is 2. The average Bonchev–Trinajstić information content (AvgIpc) is 2.84. The number of aliphatic carboxylic acids is 1. The van der Waals surface area contributed by atoms with Crippen molar-refractivity contribution in [3.05, 3.63) is 65.2 Å². The zero-order valence-corrected chi connectivity index (χ0v) is 22.2. The summed E-state index contributed by atoms with van der Waals surface area (Å²) in [5.41, 5.74) is -0.187. The van der Waals surface area contributed by atoms with Crippen molar-refractivity contribution in [3.63, 3.8) is 0 Å². The Labute approximate surface area is 217 Å². The number of hydrogen-bond donors (Lipinski definition) is 1. The largest absolute Gasteiger partial charge is 0.478 e. The lowest BCUT2D eigenvalue weighted by Gasteiger charge is -2.18. The summed E-state index contributed by atoms with van der Waals surface area (Å²) in [5, 5.41) is 10.0. The molecule has 0 saturated heterocycles. The first-order valence-electron chi connectivity index (χ1n) is 12.4. The number of esters is 1. The molecule has 2 aromatic rings. The SMILES string of the molecule is CCCCCCC(CCC)C(=O)OCC(=C(C(=O)O)c1ccc(F)c(F)c1)c1ccc(S(C)(=O)=O)cc1. The minimum atomic E-state index is -3.51. The van der Waals surface area contributed by atoms with E-state index >= 15 is 0 Å². The van der Waals surface area contributed by atoms with Gasteiger partial charge in [0.2, 0.25) is 0 Å². The van der Waals surface area contributed by atoms with Crippen LogP contribution in [-0.2, 0) is 24.2 Å². The van der Waals surface area contributed by atoms with E-state index in [1.165, 1.54) is 24.3 Å². The topological polar surface area (TPSA) is 97.7 Å². The second kappa shape index (κ2) is 14.0. The number of carboxylic acid groups (broad SMARTS) is 1. The van der Waals surface area contributed by atoms with E-state index in [0.717, 1.165) is 56.6 Å². The molecular weight excluding hydrogens is 502 g/mol. The minimum absolute atomic E-state index is 0.0207. The van der Waals surface area contributed by atoms with Gasteiger partial charge in [-0.25, -0.2) is 22.0 Å². The molecule has 0 aliphatic rings. The van der Waals surface area contributed by atoms with Crippen LogP contribution in [0.4, 0.5) is 8.78 Å². The lowest BCUT2D eigenvalue weighted by molar-refractivity contribution is -0.147. The number of ether oxygens (including phenoxy) is 1. The number of carboxylic acids is 1. The van der Waals surface area contributed by atoms with Gasteiger partial charge < -0.3 is 9.84 Å². The molecule has 0 bridgehead atoms. The molecule has 0 aromatic heterocycles. The molecule has 0 radical (unpaired) electrons. The lowest BCUT2D eigenvalue weighted by atomic mass is 9.94. The standard InChI is InChI=1S/C28H34F2O6S/c1-4-6-7-8-10-20(9-5-2)28(33)36-18-23(19-11-14-22(15-12-19)37(3,34)35)26(27(31)32)21-13-16-24(29)25(30)17-21/h11-17,20H,4-10,18H2,1-3H3,(H,31,32). The van der Waals surface area contributed by atoms with Crippen molar-refractivity contribution in [2.45, 2.75) is 63.7 Å². The van der Waals surface area contributed by atoms with Crippen molar-refractivity contribution < 1.29 is 36.6 Å². The fraction of sp³-hybridized carbons (Fsp3) is 0.429. The summed E-state index contributed by atoms with van der Waals surface area (Å²) >= 11 is 0. The summed E-state index contributed by atoms with van der Waals surface area (Å²) in [5.74, 6) is -4.60. The van der Waals surface area contributed by atoms with Gasteiger partial charge in [-0.15, -0.1) is 0 Å². The van der Waals surface area contributed by atoms with E-state index in [-0.39, 0.29) is 33.1 Å². The van der Waals surface area contributed by atoms with Gasteiger partial charge in [0, 0.05) is 11.8 Å². The molecule has 0 fully saturated rings. The quantitative estimate of drug-likeness (QED) is 0.132. The summed E-state index contributed by atoms with van der Waals surface area (Å²) in [6, 6.07) is 8.13. The van der Waals surface area contributed by atoms with Gasteiger partial charge in [-0.3, -0.25) is 4.79 Å². The van der Waals surface area contributed by atoms with E-state index in [1.807, 2.05) is 6.92 Å². The highest BCUT2D eigenvalue weighted by molar-refractivity contribution is 7.90. The number of carbonyl (C=O) groups is 2. The summed E-state index contributed by atoms with van der Waals surface area (Å²) in [6.45, 7) is 3.63. The van der Waals surface area contributed by atoms with Crippen LogP contribution in [0, 0.1) is 17.6 Å². The van der Waals surface area contributed by atoms with Gasteiger partial charge in [0.1, 0.15) is 6.61 Å². The molecule has 0 heterocycles. The minimum Gasteiger partial charge on any atom is -0.478 e. The van der Waals surface area contributed by atoms with Crippen LogP contribution in [0.1, 0.15) is 69.9 Å². The molecule has 0 aliphatic carbocycles. The second-order valence-electron chi connectivity index (χ2n) is 9.03. The highest BCUT2D eigenvalue weighted by Gasteiger charge is 2.24. The molecule has 0 spiro atoms. The van der Waals surface area contributed by atoms with E-state index in [0.29, 0.717) is 12.8 Å². The van der Waals surface area contributed by atoms with Crippen LogP contribution in [0.25, 0.3) is 11.1 Å². The van der Waals surface area contributed by atoms with Crippen LogP contribution in [0.3, 0.4) is 0 Å². The fourth-order valence-electron chi connectivity index (χ4n) is 4.09. The number of hydrogen-bond acceptors (Lipinski definition) is 5. The Morgan fingerprint density at radius 2 is 1.54 bits per heavy atom. The number of unbranched alkanes of at least 4 members (excludes halogenated alkanes) is 3. The average molecular weight is 537 g/mol. The summed E-state index contributed by atoms with van der Waals surface area (Å²) < 4.78 is 56.9. The van der Waals surface area contributed by atoms with Crippen molar-refractivity contribution >= 4 is 32.9 Å². The first-order valence-corrected chi connectivity index (χ1v) is 14.3. The van der Waals surface area contributed by atoms with Gasteiger partial charge in [-0.2, -0.15) is 0 Å². The predicted octanol–water partition coefficient (Wildman–Crippen LogP) is 6.29. The maximum absolute atomic E-state index is 14.0. The van der Waals surface area contributed by atoms with Gasteiger partial charge in [0.05, 0.1) is 16.4 Å². The van der Waals surface area contributed by atoms with E-state index in [1.54, 1.807) is 0 Å². The van der Waals surface area contributed by atoms with Crippen LogP contribution in [-0.4, -0.2) is 38.3 Å². The highest BCUT2D eigenvalue weighted by Crippen LogP contribution is 2.30. The molecular formula is C28H34F2O6S. The summed E-state index contributed by atoms with van der Waals surface area (Å²) in [6.07, 6.45) is 7.11. The molecule has 37 heavy (non-hydrogen) atoms. The zero-order chi connectivity index (χ0) is 27.6. The Hall–Kier alpha value is -3.07. The highest BCUT2D eigenvalue weighted by atomic mass is 32.2. The monoisotopic (exact) mass is 536 g/mol. The molecule has 1 atom stereocenters. The zero-order valence-electron chi connectivity index (χ0n) is 21.4. The van der Waals surface area contributed by atoms with Crippen LogP contribution < -0.4 is 0 Å². The van der Waals surface area contributed by atoms with E-state index in [2.05, 4.69) is 6.92 Å². The number of carbonyl (C=O) groups excluding carboxylic acids is 1. The third kappa shape index (κ3) is 8.77. The number of sulfone groups is 1. The molecule has 1 N–H and O–H groups in total. The van der Waals surface area contributed by atoms with Gasteiger partial charge in [0.25, 0.3) is 0 Å². The Morgan fingerprint density at radius 1 is 0.892 bits per heavy atom. The van der Waals surface area contributed by atoms with Crippen LogP contribution in [0.5, 0.6) is 0 Å². The fourth-order valence-corrected chi connectivity index (χ4v) is 4.72. The number of rotatable bonds is 14. The molecule has 0 aliphatic heterocycles. The Bertz CT molecular complexity index is 1220. The molecule has 6 nitrogen and oxygen atoms in total. The first-order chi connectivity index (χ1) is 17.5. The molecule has 0 saturated carbocycles. The maximum atomic E-state index is 14.0. The molecule has 2 rings (SSSR count). The van der Waals surface area contributed by atoms with Crippen molar-refractivity contribution in [1.29, 1.82) is 0 Å². The summed E-state index contributed by atoms with van der Waals surface area (Å²) in [4.78, 5) is 25.3. The Morgan fingerprint density at radius 3 is 2.08 bits per heavy atom. The van der Waals surface area contributed by atoms with Gasteiger partial charge in [-0.1, -0.05) is 64.2 Å². The maximum Gasteiger partial charge on any atom is 0.336 e. The predicted molar refractivity (Wildman–Crippen MR) is 138 cm³/mol. The molecule has 9 heteroatoms. The third-order valence-electron chi connectivity index (χ3n) is 6.09. The molecule has 1 unspecified atom stereocenters. The number of halogens is 2. The van der Waals surface area contributed by atoms with Crippen molar-refractivity contribution in [2.75, 3.05) is 12.9 Å². The van der Waals surface area contributed by atoms with E-state index in [4.69, 9.17) is 4.74 Å². The van der Waals surface area contributed by atoms with Crippen molar-refractivity contribution in [2.24, 2.45) is 5.92 Å². The van der Waals surface area contributed by atoms with Crippen LogP contribution in [0.15, 0.2) is 47.4 Å².